The van der Waals surface area contributed by atoms with Crippen LogP contribution in [0.25, 0.3) is 6.08 Å². The van der Waals surface area contributed by atoms with Crippen molar-refractivity contribution in [2.24, 2.45) is 0 Å². The molecule has 3 rings (SSSR count). The lowest BCUT2D eigenvalue weighted by Crippen LogP contribution is -2.32. The van der Waals surface area contributed by atoms with Crippen LogP contribution in [0.5, 0.6) is 23.0 Å². The van der Waals surface area contributed by atoms with Crippen LogP contribution >= 0.6 is 11.8 Å². The molecule has 2 aromatic carbocycles. The van der Waals surface area contributed by atoms with Gasteiger partial charge in [0.15, 0.2) is 11.5 Å². The zero-order valence-corrected chi connectivity index (χ0v) is 17.2. The lowest BCUT2D eigenvalue weighted by Gasteiger charge is -2.13. The third-order valence-electron chi connectivity index (χ3n) is 4.22. The lowest BCUT2D eigenvalue weighted by atomic mass is 10.1. The number of thioether (sulfide) groups is 1. The quantitative estimate of drug-likeness (QED) is 0.607. The van der Waals surface area contributed by atoms with Crippen LogP contribution in [-0.4, -0.2) is 50.5 Å². The highest BCUT2D eigenvalue weighted by atomic mass is 32.2. The molecular formula is C21H21NO6S. The Balaban J connectivity index is 1.75. The monoisotopic (exact) mass is 415 g/mol. The van der Waals surface area contributed by atoms with Crippen molar-refractivity contribution < 1.29 is 28.5 Å². The van der Waals surface area contributed by atoms with Crippen LogP contribution in [0, 0.1) is 0 Å². The highest BCUT2D eigenvalue weighted by Gasteiger charge is 2.35. The minimum absolute atomic E-state index is 0.167. The molecule has 0 atom stereocenters. The Morgan fingerprint density at radius 2 is 1.59 bits per heavy atom. The van der Waals surface area contributed by atoms with E-state index in [1.54, 1.807) is 18.2 Å². The van der Waals surface area contributed by atoms with E-state index in [9.17, 15) is 9.59 Å². The van der Waals surface area contributed by atoms with E-state index in [0.717, 1.165) is 11.8 Å². The van der Waals surface area contributed by atoms with Gasteiger partial charge in [-0.1, -0.05) is 18.2 Å². The van der Waals surface area contributed by atoms with E-state index in [4.69, 9.17) is 18.9 Å². The first kappa shape index (κ1) is 20.6. The molecule has 1 aliphatic heterocycles. The number of amides is 2. The van der Waals surface area contributed by atoms with Gasteiger partial charge in [0.05, 0.1) is 32.8 Å². The van der Waals surface area contributed by atoms with E-state index in [0.29, 0.717) is 33.5 Å². The maximum atomic E-state index is 12.7. The van der Waals surface area contributed by atoms with E-state index in [1.165, 1.54) is 26.2 Å². The Kier molecular flexibility index (Phi) is 6.66. The molecule has 8 heteroatoms. The van der Waals surface area contributed by atoms with Gasteiger partial charge < -0.3 is 18.9 Å². The normalized spacial score (nSPS) is 15.0. The maximum absolute atomic E-state index is 12.7. The topological polar surface area (TPSA) is 74.3 Å². The third kappa shape index (κ3) is 4.65. The van der Waals surface area contributed by atoms with Crippen molar-refractivity contribution in [3.8, 4) is 23.0 Å². The summed E-state index contributed by atoms with van der Waals surface area (Å²) >= 11 is 0.881. The average molecular weight is 415 g/mol. The summed E-state index contributed by atoms with van der Waals surface area (Å²) < 4.78 is 21.5. The van der Waals surface area contributed by atoms with E-state index < -0.39 is 0 Å². The Morgan fingerprint density at radius 3 is 2.24 bits per heavy atom. The number of hydrogen-bond donors (Lipinski definition) is 0. The molecule has 7 nitrogen and oxygen atoms in total. The molecule has 0 aliphatic carbocycles. The van der Waals surface area contributed by atoms with Crippen molar-refractivity contribution >= 4 is 29.0 Å². The molecule has 1 heterocycles. The average Bonchev–Trinajstić information content (AvgIpc) is 3.01. The molecule has 1 saturated heterocycles. The zero-order chi connectivity index (χ0) is 20.8. The number of ether oxygens (including phenoxy) is 4. The van der Waals surface area contributed by atoms with Gasteiger partial charge in [0.25, 0.3) is 11.1 Å². The van der Waals surface area contributed by atoms with Crippen molar-refractivity contribution in [3.05, 3.63) is 52.9 Å². The number of hydrogen-bond acceptors (Lipinski definition) is 7. The number of methoxy groups -OCH3 is 3. The van der Waals surface area contributed by atoms with Crippen molar-refractivity contribution in [3.63, 3.8) is 0 Å². The highest BCUT2D eigenvalue weighted by Crippen LogP contribution is 2.38. The summed E-state index contributed by atoms with van der Waals surface area (Å²) in [5.74, 6) is 1.82. The molecule has 0 bridgehead atoms. The fraction of sp³-hybridized carbons (Fsp3) is 0.238. The summed E-state index contributed by atoms with van der Waals surface area (Å²) in [7, 11) is 4.57. The van der Waals surface area contributed by atoms with Gasteiger partial charge >= 0.3 is 0 Å². The summed E-state index contributed by atoms with van der Waals surface area (Å²) in [5.41, 5.74) is 0.608. The maximum Gasteiger partial charge on any atom is 0.293 e. The summed E-state index contributed by atoms with van der Waals surface area (Å²) in [5, 5.41) is -0.336. The van der Waals surface area contributed by atoms with Gasteiger partial charge in [-0.15, -0.1) is 0 Å². The Bertz CT molecular complexity index is 928. The van der Waals surface area contributed by atoms with Crippen molar-refractivity contribution in [2.75, 3.05) is 34.5 Å². The second-order valence-electron chi connectivity index (χ2n) is 5.94. The Labute approximate surface area is 173 Å². The van der Waals surface area contributed by atoms with Crippen LogP contribution < -0.4 is 18.9 Å². The molecule has 0 N–H and O–H groups in total. The van der Waals surface area contributed by atoms with E-state index in [2.05, 4.69) is 0 Å². The van der Waals surface area contributed by atoms with Crippen LogP contribution in [0.3, 0.4) is 0 Å². The third-order valence-corrected chi connectivity index (χ3v) is 5.13. The van der Waals surface area contributed by atoms with Gasteiger partial charge in [-0.05, 0) is 36.0 Å². The van der Waals surface area contributed by atoms with E-state index >= 15 is 0 Å². The number of benzene rings is 2. The molecule has 0 aromatic heterocycles. The molecule has 0 unspecified atom stereocenters. The number of carbonyl (C=O) groups excluding carboxylic acids is 2. The van der Waals surface area contributed by atoms with Crippen LogP contribution in [0.2, 0.25) is 0 Å². The fourth-order valence-corrected chi connectivity index (χ4v) is 3.63. The van der Waals surface area contributed by atoms with Crippen LogP contribution in [0.4, 0.5) is 4.79 Å². The molecule has 1 fully saturated rings. The predicted octanol–water partition coefficient (Wildman–Crippen LogP) is 3.83. The number of nitrogens with zero attached hydrogens (tertiary/aromatic N) is 1. The first-order chi connectivity index (χ1) is 14.1. The molecule has 2 aromatic rings. The Morgan fingerprint density at radius 1 is 0.931 bits per heavy atom. The van der Waals surface area contributed by atoms with E-state index in [1.807, 2.05) is 30.3 Å². The summed E-state index contributed by atoms with van der Waals surface area (Å²) in [6, 6.07) is 12.6. The molecule has 2 amide bonds. The first-order valence-electron chi connectivity index (χ1n) is 8.80. The van der Waals surface area contributed by atoms with Gasteiger partial charge in [-0.25, -0.2) is 0 Å². The molecule has 152 valence electrons. The van der Waals surface area contributed by atoms with Gasteiger partial charge in [0.2, 0.25) is 0 Å². The number of para-hydroxylation sites is 1. The molecule has 0 radical (unpaired) electrons. The second kappa shape index (κ2) is 9.38. The van der Waals surface area contributed by atoms with Gasteiger partial charge in [-0.3, -0.25) is 14.5 Å². The SMILES string of the molecule is COc1cc(OC)c(OC)cc1/C=C1\SC(=O)N(CCOc2ccccc2)C1=O. The van der Waals surface area contributed by atoms with Crippen LogP contribution in [-0.2, 0) is 4.79 Å². The molecular weight excluding hydrogens is 394 g/mol. The van der Waals surface area contributed by atoms with Crippen molar-refractivity contribution in [1.82, 2.24) is 4.90 Å². The predicted molar refractivity (Wildman–Crippen MR) is 111 cm³/mol. The fourth-order valence-electron chi connectivity index (χ4n) is 2.77. The van der Waals surface area contributed by atoms with Crippen LogP contribution in [0.15, 0.2) is 47.4 Å². The van der Waals surface area contributed by atoms with Gasteiger partial charge in [-0.2, -0.15) is 0 Å². The summed E-state index contributed by atoms with van der Waals surface area (Å²) in [6.45, 7) is 0.384. The highest BCUT2D eigenvalue weighted by molar-refractivity contribution is 8.18. The first-order valence-corrected chi connectivity index (χ1v) is 9.62. The number of imide groups is 1. The van der Waals surface area contributed by atoms with Gasteiger partial charge in [0, 0.05) is 11.6 Å². The van der Waals surface area contributed by atoms with E-state index in [-0.39, 0.29) is 24.3 Å². The minimum Gasteiger partial charge on any atom is -0.496 e. The second-order valence-corrected chi connectivity index (χ2v) is 6.94. The molecule has 29 heavy (non-hydrogen) atoms. The van der Waals surface area contributed by atoms with Crippen molar-refractivity contribution in [2.45, 2.75) is 0 Å². The van der Waals surface area contributed by atoms with Gasteiger partial charge in [0.1, 0.15) is 18.1 Å². The Hall–Kier alpha value is -3.13. The lowest BCUT2D eigenvalue weighted by molar-refractivity contribution is -0.123. The number of rotatable bonds is 8. The standard InChI is InChI=1S/C21H21NO6S/c1-25-16-13-18(27-3)17(26-2)11-14(16)12-19-20(23)22(21(24)29-19)9-10-28-15-7-5-4-6-8-15/h4-8,11-13H,9-10H2,1-3H3/b19-12-. The van der Waals surface area contributed by atoms with Crippen LogP contribution in [0.1, 0.15) is 5.56 Å². The summed E-state index contributed by atoms with van der Waals surface area (Å²) in [4.78, 5) is 26.5. The smallest absolute Gasteiger partial charge is 0.293 e. The molecule has 0 spiro atoms. The molecule has 1 aliphatic rings. The molecule has 0 saturated carbocycles. The zero-order valence-electron chi connectivity index (χ0n) is 16.3. The largest absolute Gasteiger partial charge is 0.496 e. The van der Waals surface area contributed by atoms with Crippen molar-refractivity contribution in [1.29, 1.82) is 0 Å². The number of carbonyl (C=O) groups is 2. The summed E-state index contributed by atoms with van der Waals surface area (Å²) in [6.07, 6.45) is 1.61. The minimum atomic E-state index is -0.367.